The van der Waals surface area contributed by atoms with Crippen LogP contribution in [0.1, 0.15) is 24.9 Å². The molecule has 0 aliphatic carbocycles. The maximum absolute atomic E-state index is 13.2. The molecule has 1 aromatic carbocycles. The summed E-state index contributed by atoms with van der Waals surface area (Å²) in [6.07, 6.45) is 0.696. The number of rotatable bonds is 4. The van der Waals surface area contributed by atoms with Crippen LogP contribution in [0.25, 0.3) is 0 Å². The minimum Gasteiger partial charge on any atom is -0.494 e. The van der Waals surface area contributed by atoms with E-state index in [9.17, 15) is 4.39 Å². The number of ether oxygens (including phenoxy) is 1. The summed E-state index contributed by atoms with van der Waals surface area (Å²) in [6.45, 7) is 1.80. The number of benzene rings is 1. The lowest BCUT2D eigenvalue weighted by Gasteiger charge is -2.14. The van der Waals surface area contributed by atoms with E-state index >= 15 is 0 Å². The van der Waals surface area contributed by atoms with Crippen molar-refractivity contribution < 1.29 is 9.13 Å². The van der Waals surface area contributed by atoms with Gasteiger partial charge in [0.15, 0.2) is 11.6 Å². The normalized spacial score (nSPS) is 11.5. The lowest BCUT2D eigenvalue weighted by atomic mass is 10.0. The molecule has 0 fully saturated rings. The summed E-state index contributed by atoms with van der Waals surface area (Å²) < 4.78 is 18.2. The molecule has 0 bridgehead atoms. The van der Waals surface area contributed by atoms with Crippen molar-refractivity contribution in [3.63, 3.8) is 0 Å². The summed E-state index contributed by atoms with van der Waals surface area (Å²) in [5.74, 6) is 5.77. The van der Waals surface area contributed by atoms with Crippen molar-refractivity contribution in [2.24, 2.45) is 0 Å². The van der Waals surface area contributed by atoms with Crippen LogP contribution in [-0.2, 0) is 0 Å². The summed E-state index contributed by atoms with van der Waals surface area (Å²) in [5, 5.41) is 3.14. The van der Waals surface area contributed by atoms with E-state index in [-0.39, 0.29) is 17.6 Å². The van der Waals surface area contributed by atoms with Gasteiger partial charge >= 0.3 is 0 Å². The number of nitrogens with one attached hydrogen (secondary N) is 1. The lowest BCUT2D eigenvalue weighted by molar-refractivity contribution is 0.385. The fourth-order valence-electron chi connectivity index (χ4n) is 1.48. The van der Waals surface area contributed by atoms with Crippen molar-refractivity contribution in [1.29, 1.82) is 0 Å². The Morgan fingerprint density at radius 3 is 2.81 bits per heavy atom. The van der Waals surface area contributed by atoms with Crippen LogP contribution in [0, 0.1) is 17.7 Å². The molecule has 0 saturated carbocycles. The molecule has 0 spiro atoms. The molecule has 1 aromatic rings. The molecule has 0 aromatic heterocycles. The molecule has 1 rings (SSSR count). The largest absolute Gasteiger partial charge is 0.494 e. The molecule has 1 atom stereocenters. The molecule has 1 N–H and O–H groups in total. The highest BCUT2D eigenvalue weighted by Crippen LogP contribution is 2.23. The molecule has 16 heavy (non-hydrogen) atoms. The van der Waals surface area contributed by atoms with Crippen LogP contribution in [0.3, 0.4) is 0 Å². The van der Waals surface area contributed by atoms with Crippen molar-refractivity contribution in [2.45, 2.75) is 19.4 Å². The molecule has 0 heterocycles. The van der Waals surface area contributed by atoms with Crippen molar-refractivity contribution in [3.8, 4) is 17.6 Å². The van der Waals surface area contributed by atoms with Gasteiger partial charge in [-0.05, 0) is 31.7 Å². The first-order valence-electron chi connectivity index (χ1n) is 5.13. The molecule has 0 amide bonds. The molecule has 0 aliphatic heterocycles. The maximum atomic E-state index is 13.2. The quantitative estimate of drug-likeness (QED) is 0.789. The lowest BCUT2D eigenvalue weighted by Crippen LogP contribution is -2.15. The smallest absolute Gasteiger partial charge is 0.165 e. The molecule has 3 heteroatoms. The third kappa shape index (κ3) is 2.98. The topological polar surface area (TPSA) is 21.3 Å². The second-order valence-corrected chi connectivity index (χ2v) is 3.37. The van der Waals surface area contributed by atoms with Crippen LogP contribution in [0.5, 0.6) is 5.75 Å². The Balaban J connectivity index is 2.95. The molecule has 86 valence electrons. The average Bonchev–Trinajstić information content (AvgIpc) is 2.32. The average molecular weight is 221 g/mol. The van der Waals surface area contributed by atoms with Gasteiger partial charge in [-0.3, -0.25) is 0 Å². The minimum atomic E-state index is -0.345. The van der Waals surface area contributed by atoms with Gasteiger partial charge in [0, 0.05) is 12.5 Å². The van der Waals surface area contributed by atoms with Crippen LogP contribution in [0.15, 0.2) is 18.2 Å². The SMILES string of the molecule is CC#CCC(NC)c1ccc(F)c(OC)c1. The predicted octanol–water partition coefficient (Wildman–Crippen LogP) is 2.51. The standard InChI is InChI=1S/C13H16FNO/c1-4-5-6-12(15-2)10-7-8-11(14)13(9-10)16-3/h7-9,12,15H,6H2,1-3H3. The molecule has 2 nitrogen and oxygen atoms in total. The Labute approximate surface area is 95.8 Å². The van der Waals surface area contributed by atoms with Gasteiger partial charge in [-0.15, -0.1) is 11.8 Å². The van der Waals surface area contributed by atoms with E-state index in [1.165, 1.54) is 13.2 Å². The zero-order chi connectivity index (χ0) is 12.0. The van der Waals surface area contributed by atoms with Crippen LogP contribution >= 0.6 is 0 Å². The summed E-state index contributed by atoms with van der Waals surface area (Å²) in [5.41, 5.74) is 0.975. The number of hydrogen-bond donors (Lipinski definition) is 1. The Kier molecular flexibility index (Phi) is 4.81. The third-order valence-corrected chi connectivity index (χ3v) is 2.41. The summed E-state index contributed by atoms with van der Waals surface area (Å²) >= 11 is 0. The zero-order valence-electron chi connectivity index (χ0n) is 9.80. The van der Waals surface area contributed by atoms with E-state index in [0.29, 0.717) is 6.42 Å². The first-order valence-corrected chi connectivity index (χ1v) is 5.13. The van der Waals surface area contributed by atoms with E-state index in [1.54, 1.807) is 19.1 Å². The first kappa shape index (κ1) is 12.5. The Morgan fingerprint density at radius 2 is 2.25 bits per heavy atom. The van der Waals surface area contributed by atoms with E-state index in [0.717, 1.165) is 5.56 Å². The van der Waals surface area contributed by atoms with Gasteiger partial charge < -0.3 is 10.1 Å². The van der Waals surface area contributed by atoms with Crippen LogP contribution < -0.4 is 10.1 Å². The number of halogens is 1. The van der Waals surface area contributed by atoms with Gasteiger partial charge in [0.25, 0.3) is 0 Å². The minimum absolute atomic E-state index is 0.0990. The molecule has 0 saturated heterocycles. The van der Waals surface area contributed by atoms with Gasteiger partial charge in [0.05, 0.1) is 7.11 Å². The second kappa shape index (κ2) is 6.14. The highest BCUT2D eigenvalue weighted by atomic mass is 19.1. The molecular formula is C13H16FNO. The van der Waals surface area contributed by atoms with Crippen LogP contribution in [0.2, 0.25) is 0 Å². The molecular weight excluding hydrogens is 205 g/mol. The highest BCUT2D eigenvalue weighted by molar-refractivity contribution is 5.32. The highest BCUT2D eigenvalue weighted by Gasteiger charge is 2.10. The summed E-state index contributed by atoms with van der Waals surface area (Å²) in [7, 11) is 3.32. The third-order valence-electron chi connectivity index (χ3n) is 2.41. The van der Waals surface area contributed by atoms with Crippen molar-refractivity contribution in [3.05, 3.63) is 29.6 Å². The van der Waals surface area contributed by atoms with E-state index in [1.807, 2.05) is 7.05 Å². The fourth-order valence-corrected chi connectivity index (χ4v) is 1.48. The van der Waals surface area contributed by atoms with E-state index in [4.69, 9.17) is 4.74 Å². The fraction of sp³-hybridized carbons (Fsp3) is 0.385. The first-order chi connectivity index (χ1) is 7.72. The van der Waals surface area contributed by atoms with Crippen molar-refractivity contribution in [2.75, 3.05) is 14.2 Å². The van der Waals surface area contributed by atoms with Gasteiger partial charge in [0.1, 0.15) is 0 Å². The van der Waals surface area contributed by atoms with Crippen LogP contribution in [0.4, 0.5) is 4.39 Å². The molecule has 1 unspecified atom stereocenters. The van der Waals surface area contributed by atoms with Gasteiger partial charge in [-0.2, -0.15) is 0 Å². The zero-order valence-corrected chi connectivity index (χ0v) is 9.80. The van der Waals surface area contributed by atoms with E-state index in [2.05, 4.69) is 17.2 Å². The Hall–Kier alpha value is -1.53. The number of methoxy groups -OCH3 is 1. The number of hydrogen-bond acceptors (Lipinski definition) is 2. The Bertz CT molecular complexity index is 406. The van der Waals surface area contributed by atoms with Gasteiger partial charge in [-0.25, -0.2) is 4.39 Å². The summed E-state index contributed by atoms with van der Waals surface area (Å²) in [4.78, 5) is 0. The van der Waals surface area contributed by atoms with Gasteiger partial charge in [0.2, 0.25) is 0 Å². The maximum Gasteiger partial charge on any atom is 0.165 e. The van der Waals surface area contributed by atoms with Crippen LogP contribution in [-0.4, -0.2) is 14.2 Å². The molecule has 0 aliphatic rings. The van der Waals surface area contributed by atoms with Crippen molar-refractivity contribution in [1.82, 2.24) is 5.32 Å². The van der Waals surface area contributed by atoms with E-state index < -0.39 is 0 Å². The predicted molar refractivity (Wildman–Crippen MR) is 62.8 cm³/mol. The van der Waals surface area contributed by atoms with Crippen molar-refractivity contribution >= 4 is 0 Å². The second-order valence-electron chi connectivity index (χ2n) is 3.37. The Morgan fingerprint density at radius 1 is 1.50 bits per heavy atom. The summed E-state index contributed by atoms with van der Waals surface area (Å²) in [6, 6.07) is 4.96. The van der Waals surface area contributed by atoms with Gasteiger partial charge in [-0.1, -0.05) is 6.07 Å². The monoisotopic (exact) mass is 221 g/mol. The molecule has 0 radical (unpaired) electrons.